The first-order chi connectivity index (χ1) is 7.31. The lowest BCUT2D eigenvalue weighted by atomic mass is 10.5. The highest BCUT2D eigenvalue weighted by Crippen LogP contribution is 1.92. The number of rotatable bonds is 11. The lowest BCUT2D eigenvalue weighted by Crippen LogP contribution is -2.23. The van der Waals surface area contributed by atoms with Gasteiger partial charge in [-0.15, -0.1) is 0 Å². The molecule has 0 aliphatic rings. The van der Waals surface area contributed by atoms with Crippen LogP contribution in [0.3, 0.4) is 0 Å². The van der Waals surface area contributed by atoms with Crippen LogP contribution >= 0.6 is 0 Å². The summed E-state index contributed by atoms with van der Waals surface area (Å²) >= 11 is -1.11. The van der Waals surface area contributed by atoms with E-state index in [1.165, 1.54) is 0 Å². The van der Waals surface area contributed by atoms with Gasteiger partial charge in [-0.25, -0.2) is 0 Å². The summed E-state index contributed by atoms with van der Waals surface area (Å²) in [6.45, 7) is 3.11. The Morgan fingerprint density at radius 3 is 2.07 bits per heavy atom. The monoisotopic (exact) mass is 234 g/mol. The van der Waals surface area contributed by atoms with Gasteiger partial charge in [-0.2, -0.15) is 0 Å². The zero-order valence-corrected chi connectivity index (χ0v) is 11.3. The molecule has 0 spiro atoms. The number of ether oxygens (including phenoxy) is 3. The summed E-state index contributed by atoms with van der Waals surface area (Å²) in [5.41, 5.74) is 0.788. The first-order valence-corrected chi connectivity index (χ1v) is 7.92. The van der Waals surface area contributed by atoms with E-state index in [4.69, 9.17) is 18.0 Å². The standard InChI is InChI=1S/C5H11O2.C4H9O2.CH3.Al/c1-6-4-3-5-7-2;1-6-4-2-3-5;;/h1,3-5H2,2H3;2-4H2,1H3;1H3;/q;-1;;+1. The zero-order valence-electron chi connectivity index (χ0n) is 10.2. The summed E-state index contributed by atoms with van der Waals surface area (Å²) in [5, 5.41) is 0. The molecule has 0 aromatic heterocycles. The van der Waals surface area contributed by atoms with Crippen LogP contribution in [0.1, 0.15) is 12.8 Å². The fraction of sp³-hybridized carbons (Fsp3) is 1.00. The van der Waals surface area contributed by atoms with Crippen LogP contribution in [0.25, 0.3) is 0 Å². The normalized spacial score (nSPS) is 10.6. The van der Waals surface area contributed by atoms with E-state index < -0.39 is 14.5 Å². The van der Waals surface area contributed by atoms with E-state index in [1.54, 1.807) is 14.2 Å². The lowest BCUT2D eigenvalue weighted by Gasteiger charge is -2.09. The van der Waals surface area contributed by atoms with Gasteiger partial charge in [0.15, 0.2) is 0 Å². The average molecular weight is 234 g/mol. The van der Waals surface area contributed by atoms with E-state index >= 15 is 0 Å². The topological polar surface area (TPSA) is 36.9 Å². The predicted molar refractivity (Wildman–Crippen MR) is 61.4 cm³/mol. The number of hydrogen-bond acceptors (Lipinski definition) is 4. The highest BCUT2D eigenvalue weighted by Gasteiger charge is 2.12. The van der Waals surface area contributed by atoms with Gasteiger partial charge in [-0.05, 0) is 12.8 Å². The molecule has 0 saturated heterocycles. The van der Waals surface area contributed by atoms with Crippen LogP contribution in [0.15, 0.2) is 0 Å². The smallest absolute Gasteiger partial charge is 0.485 e. The fourth-order valence-corrected chi connectivity index (χ4v) is 2.25. The van der Waals surface area contributed by atoms with Gasteiger partial charge in [0.25, 0.3) is 0 Å². The highest BCUT2D eigenvalue weighted by molar-refractivity contribution is 6.50. The Morgan fingerprint density at radius 1 is 0.867 bits per heavy atom. The summed E-state index contributed by atoms with van der Waals surface area (Å²) in [7, 11) is 3.41. The van der Waals surface area contributed by atoms with Crippen LogP contribution in [0, 0.1) is 0 Å². The van der Waals surface area contributed by atoms with Crippen molar-refractivity contribution in [1.29, 1.82) is 0 Å². The molecule has 5 heteroatoms. The van der Waals surface area contributed by atoms with Gasteiger partial charge < -0.3 is 18.0 Å². The molecule has 0 atom stereocenters. The largest absolute Gasteiger partial charge is 0.500 e. The van der Waals surface area contributed by atoms with Crippen molar-refractivity contribution in [3.05, 3.63) is 0 Å². The van der Waals surface area contributed by atoms with Crippen molar-refractivity contribution < 1.29 is 18.0 Å². The third-order valence-corrected chi connectivity index (χ3v) is 3.39. The van der Waals surface area contributed by atoms with E-state index in [1.807, 2.05) is 0 Å². The Bertz CT molecular complexity index is 124. The second kappa shape index (κ2) is 12.4. The van der Waals surface area contributed by atoms with Crippen molar-refractivity contribution in [3.63, 3.8) is 0 Å². The third kappa shape index (κ3) is 12.3. The predicted octanol–water partition coefficient (Wildman–Crippen LogP) is 1.25. The molecule has 0 aromatic carbocycles. The molecule has 90 valence electrons. The quantitative estimate of drug-likeness (QED) is 0.398. The molecule has 0 aliphatic heterocycles. The van der Waals surface area contributed by atoms with Crippen LogP contribution in [0.5, 0.6) is 0 Å². The van der Waals surface area contributed by atoms with Gasteiger partial charge in [0.2, 0.25) is 0 Å². The molecule has 0 fully saturated rings. The molecule has 0 heterocycles. The Balaban J connectivity index is 3.08. The first kappa shape index (κ1) is 15.4. The first-order valence-electron chi connectivity index (χ1n) is 5.48. The van der Waals surface area contributed by atoms with Crippen molar-refractivity contribution >= 4 is 14.5 Å². The molecule has 0 bridgehead atoms. The van der Waals surface area contributed by atoms with Crippen LogP contribution in [-0.2, 0) is 18.0 Å². The van der Waals surface area contributed by atoms with E-state index in [0.717, 1.165) is 44.7 Å². The highest BCUT2D eigenvalue weighted by atomic mass is 27.2. The molecule has 0 N–H and O–H groups in total. The van der Waals surface area contributed by atoms with Gasteiger partial charge in [0.1, 0.15) is 0 Å². The third-order valence-electron chi connectivity index (χ3n) is 1.88. The van der Waals surface area contributed by atoms with Gasteiger partial charge in [-0.1, -0.05) is 5.79 Å². The molecular weight excluding hydrogens is 211 g/mol. The van der Waals surface area contributed by atoms with Crippen LogP contribution in [-0.4, -0.2) is 60.6 Å². The minimum Gasteiger partial charge on any atom is -0.500 e. The molecule has 0 rings (SSSR count). The maximum atomic E-state index is 5.65. The van der Waals surface area contributed by atoms with Gasteiger partial charge in [0, 0.05) is 46.1 Å². The summed E-state index contributed by atoms with van der Waals surface area (Å²) in [6, 6.07) is 0. The second-order valence-corrected chi connectivity index (χ2v) is 5.74. The summed E-state index contributed by atoms with van der Waals surface area (Å²) in [4.78, 5) is 0. The SMILES string of the molecule is COCCCO[CH2][Al]([CH3])[O]CCCOC. The summed E-state index contributed by atoms with van der Waals surface area (Å²) in [6.07, 6.45) is 1.93. The Labute approximate surface area is 97.6 Å². The Morgan fingerprint density at radius 2 is 1.47 bits per heavy atom. The van der Waals surface area contributed by atoms with Crippen LogP contribution in [0.4, 0.5) is 0 Å². The van der Waals surface area contributed by atoms with E-state index in [2.05, 4.69) is 5.79 Å². The molecular formula is C10H23AlO4. The summed E-state index contributed by atoms with van der Waals surface area (Å²) < 4.78 is 21.0. The van der Waals surface area contributed by atoms with Gasteiger partial charge >= 0.3 is 14.5 Å². The molecule has 0 aromatic rings. The number of methoxy groups -OCH3 is 2. The molecule has 0 radical (unpaired) electrons. The lowest BCUT2D eigenvalue weighted by molar-refractivity contribution is 0.118. The van der Waals surface area contributed by atoms with Crippen molar-refractivity contribution in [1.82, 2.24) is 0 Å². The Hall–Kier alpha value is 0.372. The minimum absolute atomic E-state index is 0.768. The zero-order chi connectivity index (χ0) is 11.4. The molecule has 0 aliphatic carbocycles. The molecule has 4 nitrogen and oxygen atoms in total. The van der Waals surface area contributed by atoms with Crippen LogP contribution in [0.2, 0.25) is 5.79 Å². The van der Waals surface area contributed by atoms with Crippen LogP contribution < -0.4 is 0 Å². The molecule has 0 amide bonds. The van der Waals surface area contributed by atoms with Crippen molar-refractivity contribution in [2.24, 2.45) is 0 Å². The molecule has 0 saturated carbocycles. The van der Waals surface area contributed by atoms with E-state index in [9.17, 15) is 0 Å². The van der Waals surface area contributed by atoms with Gasteiger partial charge in [-0.3, -0.25) is 0 Å². The molecule has 15 heavy (non-hydrogen) atoms. The average Bonchev–Trinajstić information content (AvgIpc) is 2.24. The minimum atomic E-state index is -1.11. The van der Waals surface area contributed by atoms with Crippen molar-refractivity contribution in [2.45, 2.75) is 18.6 Å². The van der Waals surface area contributed by atoms with Gasteiger partial charge in [0.05, 0.1) is 0 Å². The maximum Gasteiger partial charge on any atom is 0.485 e. The van der Waals surface area contributed by atoms with E-state index in [-0.39, 0.29) is 0 Å². The van der Waals surface area contributed by atoms with Crippen molar-refractivity contribution in [2.75, 3.05) is 46.1 Å². The number of hydrogen-bond donors (Lipinski definition) is 0. The van der Waals surface area contributed by atoms with Crippen molar-refractivity contribution in [3.8, 4) is 0 Å². The maximum absolute atomic E-state index is 5.65. The summed E-state index contributed by atoms with van der Waals surface area (Å²) in [5.74, 6) is 2.16. The second-order valence-electron chi connectivity index (χ2n) is 3.45. The van der Waals surface area contributed by atoms with E-state index in [0.29, 0.717) is 0 Å². The Kier molecular flexibility index (Phi) is 12.8. The molecule has 0 unspecified atom stereocenters. The fourth-order valence-electron chi connectivity index (χ4n) is 1.09.